The Morgan fingerprint density at radius 2 is 1.94 bits per heavy atom. The second-order valence-electron chi connectivity index (χ2n) is 3.93. The largest absolute Gasteiger partial charge is 0.379 e. The van der Waals surface area contributed by atoms with Crippen molar-refractivity contribution in [3.8, 4) is 0 Å². The van der Waals surface area contributed by atoms with Crippen molar-refractivity contribution in [3.05, 3.63) is 28.2 Å². The van der Waals surface area contributed by atoms with E-state index in [-0.39, 0.29) is 0 Å². The highest BCUT2D eigenvalue weighted by molar-refractivity contribution is 9.10. The third kappa shape index (κ3) is 2.70. The molecule has 0 N–H and O–H groups in total. The molecule has 1 aliphatic heterocycles. The molecular formula is C11H14BrNO3S. The van der Waals surface area contributed by atoms with E-state index in [4.69, 9.17) is 4.74 Å². The van der Waals surface area contributed by atoms with Crippen LogP contribution in [0.1, 0.15) is 5.56 Å². The number of nitrogens with zero attached hydrogens (tertiary/aromatic N) is 1. The highest BCUT2D eigenvalue weighted by atomic mass is 79.9. The van der Waals surface area contributed by atoms with E-state index >= 15 is 0 Å². The molecule has 0 amide bonds. The Morgan fingerprint density at radius 3 is 2.53 bits per heavy atom. The summed E-state index contributed by atoms with van der Waals surface area (Å²) in [6.07, 6.45) is 0. The molecule has 0 atom stereocenters. The lowest BCUT2D eigenvalue weighted by Crippen LogP contribution is -2.40. The van der Waals surface area contributed by atoms with Gasteiger partial charge in [0.15, 0.2) is 0 Å². The van der Waals surface area contributed by atoms with Crippen molar-refractivity contribution in [1.29, 1.82) is 0 Å². The Morgan fingerprint density at radius 1 is 1.29 bits per heavy atom. The van der Waals surface area contributed by atoms with Crippen LogP contribution in [0.2, 0.25) is 0 Å². The molecule has 0 aliphatic carbocycles. The molecule has 4 nitrogen and oxygen atoms in total. The summed E-state index contributed by atoms with van der Waals surface area (Å²) < 4.78 is 32.0. The second-order valence-corrected chi connectivity index (χ2v) is 6.72. The maximum atomic E-state index is 12.3. The SMILES string of the molecule is Cc1ccc(S(=O)(=O)N2CCOCC2)cc1Br. The molecule has 0 aromatic heterocycles. The number of sulfonamides is 1. The van der Waals surface area contributed by atoms with E-state index in [1.165, 1.54) is 4.31 Å². The van der Waals surface area contributed by atoms with Gasteiger partial charge in [0.05, 0.1) is 18.1 Å². The smallest absolute Gasteiger partial charge is 0.243 e. The van der Waals surface area contributed by atoms with Gasteiger partial charge in [-0.1, -0.05) is 22.0 Å². The van der Waals surface area contributed by atoms with Gasteiger partial charge in [0.2, 0.25) is 10.0 Å². The van der Waals surface area contributed by atoms with Gasteiger partial charge in [0.25, 0.3) is 0 Å². The Balaban J connectivity index is 2.33. The Bertz CT molecular complexity index is 509. The van der Waals surface area contributed by atoms with Crippen molar-refractivity contribution in [1.82, 2.24) is 4.31 Å². The van der Waals surface area contributed by atoms with E-state index in [1.807, 2.05) is 6.92 Å². The summed E-state index contributed by atoms with van der Waals surface area (Å²) >= 11 is 3.35. The Hall–Kier alpha value is -0.430. The van der Waals surface area contributed by atoms with Crippen molar-refractivity contribution in [2.24, 2.45) is 0 Å². The van der Waals surface area contributed by atoms with Crippen LogP contribution in [0.15, 0.2) is 27.6 Å². The molecule has 0 bridgehead atoms. The third-order valence-electron chi connectivity index (χ3n) is 2.75. The summed E-state index contributed by atoms with van der Waals surface area (Å²) in [6.45, 7) is 3.70. The quantitative estimate of drug-likeness (QED) is 0.834. The lowest BCUT2D eigenvalue weighted by Gasteiger charge is -2.26. The first-order valence-corrected chi connectivity index (χ1v) is 7.59. The maximum absolute atomic E-state index is 12.3. The van der Waals surface area contributed by atoms with Crippen molar-refractivity contribution >= 4 is 26.0 Å². The molecule has 94 valence electrons. The molecular weight excluding hydrogens is 306 g/mol. The molecule has 1 fully saturated rings. The van der Waals surface area contributed by atoms with Gasteiger partial charge in [0, 0.05) is 17.6 Å². The monoisotopic (exact) mass is 319 g/mol. The fraction of sp³-hybridized carbons (Fsp3) is 0.455. The van der Waals surface area contributed by atoms with Gasteiger partial charge >= 0.3 is 0 Å². The molecule has 6 heteroatoms. The minimum atomic E-state index is -3.38. The highest BCUT2D eigenvalue weighted by Crippen LogP contribution is 2.23. The number of rotatable bonds is 2. The van der Waals surface area contributed by atoms with Crippen LogP contribution >= 0.6 is 15.9 Å². The number of hydrogen-bond donors (Lipinski definition) is 0. The molecule has 0 unspecified atom stereocenters. The summed E-state index contributed by atoms with van der Waals surface area (Å²) in [4.78, 5) is 0.330. The second kappa shape index (κ2) is 5.06. The van der Waals surface area contributed by atoms with Gasteiger partial charge in [-0.2, -0.15) is 4.31 Å². The zero-order valence-electron chi connectivity index (χ0n) is 9.52. The first-order chi connectivity index (χ1) is 8.01. The van der Waals surface area contributed by atoms with E-state index < -0.39 is 10.0 Å². The Labute approximate surface area is 110 Å². The van der Waals surface area contributed by atoms with Gasteiger partial charge in [-0.25, -0.2) is 8.42 Å². The lowest BCUT2D eigenvalue weighted by molar-refractivity contribution is 0.0730. The molecule has 0 spiro atoms. The van der Waals surface area contributed by atoms with Crippen molar-refractivity contribution in [3.63, 3.8) is 0 Å². The number of benzene rings is 1. The number of hydrogen-bond acceptors (Lipinski definition) is 3. The number of morpholine rings is 1. The number of aryl methyl sites for hydroxylation is 1. The topological polar surface area (TPSA) is 46.6 Å². The van der Waals surface area contributed by atoms with Gasteiger partial charge in [-0.15, -0.1) is 0 Å². The van der Waals surface area contributed by atoms with E-state index in [2.05, 4.69) is 15.9 Å². The van der Waals surface area contributed by atoms with Crippen molar-refractivity contribution in [2.45, 2.75) is 11.8 Å². The third-order valence-corrected chi connectivity index (χ3v) is 5.50. The van der Waals surface area contributed by atoms with Crippen LogP contribution in [-0.2, 0) is 14.8 Å². The predicted octanol–water partition coefficient (Wildman–Crippen LogP) is 1.78. The zero-order valence-corrected chi connectivity index (χ0v) is 11.9. The fourth-order valence-corrected chi connectivity index (χ4v) is 3.64. The van der Waals surface area contributed by atoms with E-state index in [1.54, 1.807) is 18.2 Å². The van der Waals surface area contributed by atoms with Crippen LogP contribution < -0.4 is 0 Å². The fourth-order valence-electron chi connectivity index (χ4n) is 1.67. The van der Waals surface area contributed by atoms with Crippen LogP contribution in [-0.4, -0.2) is 39.0 Å². The summed E-state index contributed by atoms with van der Waals surface area (Å²) in [5.74, 6) is 0. The predicted molar refractivity (Wildman–Crippen MR) is 68.5 cm³/mol. The summed E-state index contributed by atoms with van der Waals surface area (Å²) in [5, 5.41) is 0. The minimum absolute atomic E-state index is 0.330. The van der Waals surface area contributed by atoms with E-state index in [9.17, 15) is 8.42 Å². The standard InChI is InChI=1S/C11H14BrNO3S/c1-9-2-3-10(8-11(9)12)17(14,15)13-4-6-16-7-5-13/h2-3,8H,4-7H2,1H3. The summed E-state index contributed by atoms with van der Waals surface area (Å²) in [7, 11) is -3.38. The van der Waals surface area contributed by atoms with E-state index in [0.717, 1.165) is 10.0 Å². The molecule has 1 aromatic carbocycles. The van der Waals surface area contributed by atoms with Crippen LogP contribution in [0.5, 0.6) is 0 Å². The van der Waals surface area contributed by atoms with Gasteiger partial charge in [-0.05, 0) is 24.6 Å². The van der Waals surface area contributed by atoms with Crippen LogP contribution in [0.25, 0.3) is 0 Å². The first-order valence-electron chi connectivity index (χ1n) is 5.36. The van der Waals surface area contributed by atoms with E-state index in [0.29, 0.717) is 31.2 Å². The average molecular weight is 320 g/mol. The van der Waals surface area contributed by atoms with Crippen LogP contribution in [0, 0.1) is 6.92 Å². The number of ether oxygens (including phenoxy) is 1. The lowest BCUT2D eigenvalue weighted by atomic mass is 10.2. The molecule has 1 aliphatic rings. The van der Waals surface area contributed by atoms with Crippen LogP contribution in [0.3, 0.4) is 0 Å². The highest BCUT2D eigenvalue weighted by Gasteiger charge is 2.26. The first kappa shape index (κ1) is 13.0. The average Bonchev–Trinajstić information content (AvgIpc) is 2.33. The molecule has 2 rings (SSSR count). The molecule has 1 aromatic rings. The van der Waals surface area contributed by atoms with Gasteiger partial charge in [-0.3, -0.25) is 0 Å². The molecule has 0 radical (unpaired) electrons. The maximum Gasteiger partial charge on any atom is 0.243 e. The van der Waals surface area contributed by atoms with Crippen molar-refractivity contribution < 1.29 is 13.2 Å². The van der Waals surface area contributed by atoms with Gasteiger partial charge < -0.3 is 4.74 Å². The number of halogens is 1. The molecule has 1 heterocycles. The minimum Gasteiger partial charge on any atom is -0.379 e. The van der Waals surface area contributed by atoms with Crippen molar-refractivity contribution in [2.75, 3.05) is 26.3 Å². The Kier molecular flexibility index (Phi) is 3.87. The summed E-state index contributed by atoms with van der Waals surface area (Å²) in [6, 6.07) is 5.10. The molecule has 0 saturated carbocycles. The molecule has 17 heavy (non-hydrogen) atoms. The van der Waals surface area contributed by atoms with Gasteiger partial charge in [0.1, 0.15) is 0 Å². The van der Waals surface area contributed by atoms with Crippen LogP contribution in [0.4, 0.5) is 0 Å². The normalized spacial score (nSPS) is 18.2. The summed E-state index contributed by atoms with van der Waals surface area (Å²) in [5.41, 5.74) is 1.02. The zero-order chi connectivity index (χ0) is 12.5. The molecule has 1 saturated heterocycles.